The van der Waals surface area contributed by atoms with E-state index in [0.29, 0.717) is 144 Å². The minimum absolute atomic E-state index is 0.00573. The summed E-state index contributed by atoms with van der Waals surface area (Å²) in [5.41, 5.74) is -0.102. The Bertz CT molecular complexity index is 1230. The first kappa shape index (κ1) is 49.2. The van der Waals surface area contributed by atoms with Gasteiger partial charge in [-0.3, -0.25) is 0 Å². The van der Waals surface area contributed by atoms with Crippen LogP contribution < -0.4 is 5.32 Å². The van der Waals surface area contributed by atoms with Crippen molar-refractivity contribution >= 4 is 17.3 Å². The minimum atomic E-state index is -4.48. The van der Waals surface area contributed by atoms with Gasteiger partial charge in [0.1, 0.15) is 6.61 Å². The molecule has 0 aliphatic carbocycles. The lowest BCUT2D eigenvalue weighted by Crippen LogP contribution is -2.16. The number of carbonyl (C=O) groups excluding carboxylic acids is 1. The van der Waals surface area contributed by atoms with E-state index in [1.807, 2.05) is 0 Å². The highest BCUT2D eigenvalue weighted by molar-refractivity contribution is 5.96. The second-order valence-corrected chi connectivity index (χ2v) is 11.3. The molecule has 0 spiro atoms. The zero-order valence-electron chi connectivity index (χ0n) is 32.0. The van der Waals surface area contributed by atoms with E-state index >= 15 is 0 Å². The normalized spacial score (nSPS) is 11.6. The Hall–Kier alpha value is -2.98. The van der Waals surface area contributed by atoms with Gasteiger partial charge in [0.25, 0.3) is 0 Å². The number of halogens is 3. The van der Waals surface area contributed by atoms with Gasteiger partial charge in [-0.2, -0.15) is 13.2 Å². The Kier molecular flexibility index (Phi) is 29.9. The van der Waals surface area contributed by atoms with Crippen molar-refractivity contribution in [1.82, 2.24) is 0 Å². The van der Waals surface area contributed by atoms with Crippen molar-refractivity contribution in [1.29, 1.82) is 0 Å². The number of carbonyl (C=O) groups is 1. The van der Waals surface area contributed by atoms with E-state index in [0.717, 1.165) is 12.1 Å². The average molecular weight is 810 g/mol. The lowest BCUT2D eigenvalue weighted by Gasteiger charge is -2.13. The van der Waals surface area contributed by atoms with Crippen LogP contribution in [0.3, 0.4) is 0 Å². The van der Waals surface area contributed by atoms with Crippen LogP contribution >= 0.6 is 0 Å². The standard InChI is InChI=1S/C38H58F3NO14/c39-38(40,41)33-4-3-5-34(32-33)42-36-7-2-1-6-35(36)37(44)56-31-30-55-29-28-54-27-26-53-25-24-52-23-22-51-21-20-50-19-18-49-17-16-48-15-14-47-13-12-46-11-10-45-9-8-43/h1-7,32,42-43H,8-31H2. The maximum atomic E-state index is 13.1. The molecule has 2 rings (SSSR count). The molecule has 0 aromatic heterocycles. The highest BCUT2D eigenvalue weighted by Crippen LogP contribution is 2.32. The highest BCUT2D eigenvalue weighted by Gasteiger charge is 2.30. The number of ether oxygens (including phenoxy) is 12. The molecule has 15 nitrogen and oxygen atoms in total. The molecule has 0 saturated heterocycles. The van der Waals surface area contributed by atoms with Gasteiger partial charge in [-0.1, -0.05) is 18.2 Å². The summed E-state index contributed by atoms with van der Waals surface area (Å²) >= 11 is 0. The maximum Gasteiger partial charge on any atom is 0.416 e. The van der Waals surface area contributed by atoms with E-state index in [9.17, 15) is 18.0 Å². The van der Waals surface area contributed by atoms with E-state index in [1.54, 1.807) is 18.2 Å². The molecule has 2 aromatic rings. The molecule has 0 bridgehead atoms. The first-order valence-electron chi connectivity index (χ1n) is 18.6. The summed E-state index contributed by atoms with van der Waals surface area (Å²) in [5, 5.41) is 11.4. The van der Waals surface area contributed by atoms with Crippen molar-refractivity contribution < 1.29 is 79.9 Å². The number of anilines is 2. The van der Waals surface area contributed by atoms with Gasteiger partial charge >= 0.3 is 12.1 Å². The van der Waals surface area contributed by atoms with Crippen molar-refractivity contribution in [2.75, 3.05) is 164 Å². The number of benzene rings is 2. The Morgan fingerprint density at radius 3 is 1.21 bits per heavy atom. The van der Waals surface area contributed by atoms with Gasteiger partial charge in [-0.15, -0.1) is 0 Å². The number of aliphatic hydroxyl groups is 1. The molecule has 18 heteroatoms. The minimum Gasteiger partial charge on any atom is -0.460 e. The predicted octanol–water partition coefficient (Wildman–Crippen LogP) is 3.78. The molecule has 0 heterocycles. The summed E-state index contributed by atoms with van der Waals surface area (Å²) in [6.07, 6.45) is -4.48. The van der Waals surface area contributed by atoms with Crippen molar-refractivity contribution in [2.24, 2.45) is 0 Å². The quantitative estimate of drug-likeness (QED) is 0.0745. The SMILES string of the molecule is O=C(OCCOCCOCCOCCOCCOCCOCCOCCOCCOCCOCCOCCO)c1ccccc1Nc1cccc(C(F)(F)F)c1. The molecule has 0 aliphatic rings. The number of alkyl halides is 3. The molecule has 0 saturated carbocycles. The topological polar surface area (TPSA) is 160 Å². The average Bonchev–Trinajstić information content (AvgIpc) is 3.19. The zero-order valence-corrected chi connectivity index (χ0v) is 32.0. The lowest BCUT2D eigenvalue weighted by molar-refractivity contribution is -0.137. The molecule has 320 valence electrons. The molecule has 0 aliphatic heterocycles. The van der Waals surface area contributed by atoms with Crippen LogP contribution in [0.4, 0.5) is 24.5 Å². The fourth-order valence-corrected chi connectivity index (χ4v) is 4.34. The number of hydrogen-bond donors (Lipinski definition) is 2. The fourth-order valence-electron chi connectivity index (χ4n) is 4.34. The third-order valence-electron chi connectivity index (χ3n) is 7.03. The van der Waals surface area contributed by atoms with Crippen molar-refractivity contribution in [3.63, 3.8) is 0 Å². The van der Waals surface area contributed by atoms with Crippen molar-refractivity contribution in [3.05, 3.63) is 59.7 Å². The van der Waals surface area contributed by atoms with Crippen LogP contribution in [0.15, 0.2) is 48.5 Å². The molecular weight excluding hydrogens is 751 g/mol. The van der Waals surface area contributed by atoms with E-state index in [-0.39, 0.29) is 31.1 Å². The number of aliphatic hydroxyl groups excluding tert-OH is 1. The van der Waals surface area contributed by atoms with Crippen LogP contribution in [0.25, 0.3) is 0 Å². The maximum absolute atomic E-state index is 13.1. The molecule has 0 unspecified atom stereocenters. The number of hydrogen-bond acceptors (Lipinski definition) is 15. The largest absolute Gasteiger partial charge is 0.460 e. The van der Waals surface area contributed by atoms with Gasteiger partial charge in [-0.25, -0.2) is 4.79 Å². The van der Waals surface area contributed by atoms with Crippen LogP contribution in [-0.4, -0.2) is 170 Å². The fraction of sp³-hybridized carbons (Fsp3) is 0.658. The molecule has 2 N–H and O–H groups in total. The van der Waals surface area contributed by atoms with Crippen LogP contribution in [-0.2, 0) is 63.0 Å². The first-order valence-corrected chi connectivity index (χ1v) is 18.6. The van der Waals surface area contributed by atoms with E-state index in [1.165, 1.54) is 18.2 Å². The Morgan fingerprint density at radius 2 is 0.839 bits per heavy atom. The molecule has 0 fully saturated rings. The monoisotopic (exact) mass is 809 g/mol. The summed E-state index contributed by atoms with van der Waals surface area (Å²) in [6, 6.07) is 11.1. The second kappa shape index (κ2) is 34.1. The Labute approximate surface area is 326 Å². The van der Waals surface area contributed by atoms with Crippen LogP contribution in [0.5, 0.6) is 0 Å². The Balaban J connectivity index is 1.27. The third-order valence-corrected chi connectivity index (χ3v) is 7.03. The number of nitrogens with one attached hydrogen (secondary N) is 1. The van der Waals surface area contributed by atoms with E-state index < -0.39 is 17.7 Å². The van der Waals surface area contributed by atoms with Gasteiger partial charge in [0.15, 0.2) is 0 Å². The molecule has 56 heavy (non-hydrogen) atoms. The smallest absolute Gasteiger partial charge is 0.416 e. The molecule has 2 aromatic carbocycles. The van der Waals surface area contributed by atoms with Gasteiger partial charge in [0, 0.05) is 5.69 Å². The molecule has 0 radical (unpaired) electrons. The molecular formula is C38H58F3NO14. The summed E-state index contributed by atoms with van der Waals surface area (Å²) in [6.45, 7) is 9.29. The molecule has 0 amide bonds. The summed E-state index contributed by atoms with van der Waals surface area (Å²) in [4.78, 5) is 12.6. The van der Waals surface area contributed by atoms with Crippen LogP contribution in [0, 0.1) is 0 Å². The van der Waals surface area contributed by atoms with Crippen LogP contribution in [0.1, 0.15) is 15.9 Å². The van der Waals surface area contributed by atoms with Gasteiger partial charge in [0.05, 0.1) is 169 Å². The van der Waals surface area contributed by atoms with Crippen LogP contribution in [0.2, 0.25) is 0 Å². The second-order valence-electron chi connectivity index (χ2n) is 11.3. The lowest BCUT2D eigenvalue weighted by atomic mass is 10.1. The van der Waals surface area contributed by atoms with Crippen molar-refractivity contribution in [3.8, 4) is 0 Å². The number of esters is 1. The van der Waals surface area contributed by atoms with Gasteiger partial charge in [0.2, 0.25) is 0 Å². The first-order chi connectivity index (χ1) is 27.4. The summed E-state index contributed by atoms with van der Waals surface area (Å²) in [7, 11) is 0. The van der Waals surface area contributed by atoms with E-state index in [4.69, 9.17) is 61.9 Å². The van der Waals surface area contributed by atoms with Crippen molar-refractivity contribution in [2.45, 2.75) is 6.18 Å². The number of rotatable bonds is 38. The molecule has 0 atom stereocenters. The third kappa shape index (κ3) is 26.8. The summed E-state index contributed by atoms with van der Waals surface area (Å²) < 4.78 is 104. The van der Waals surface area contributed by atoms with E-state index in [2.05, 4.69) is 5.32 Å². The highest BCUT2D eigenvalue weighted by atomic mass is 19.4. The predicted molar refractivity (Wildman–Crippen MR) is 198 cm³/mol. The van der Waals surface area contributed by atoms with Gasteiger partial charge < -0.3 is 67.3 Å². The zero-order chi connectivity index (χ0) is 40.2. The number of para-hydroxylation sites is 1. The Morgan fingerprint density at radius 1 is 0.482 bits per heavy atom. The van der Waals surface area contributed by atoms with Gasteiger partial charge in [-0.05, 0) is 30.3 Å². The summed E-state index contributed by atoms with van der Waals surface area (Å²) in [5.74, 6) is -0.632.